The van der Waals surface area contributed by atoms with Gasteiger partial charge in [0, 0.05) is 19.0 Å². The number of carbonyl (C=O) groups excluding carboxylic acids is 1. The molecule has 0 spiro atoms. The predicted octanol–water partition coefficient (Wildman–Crippen LogP) is 2.62. The molecule has 0 atom stereocenters. The topological polar surface area (TPSA) is 55.2 Å². The van der Waals surface area contributed by atoms with Crippen LogP contribution >= 0.6 is 0 Å². The van der Waals surface area contributed by atoms with Gasteiger partial charge in [0.25, 0.3) is 0 Å². The van der Waals surface area contributed by atoms with E-state index < -0.39 is 0 Å². The highest BCUT2D eigenvalue weighted by molar-refractivity contribution is 5.81. The van der Waals surface area contributed by atoms with Crippen molar-refractivity contribution in [2.45, 2.75) is 26.4 Å². The van der Waals surface area contributed by atoms with Crippen molar-refractivity contribution < 1.29 is 4.79 Å². The van der Waals surface area contributed by atoms with Crippen LogP contribution in [0, 0.1) is 0 Å². The van der Waals surface area contributed by atoms with Crippen LogP contribution in [-0.4, -0.2) is 27.6 Å². The fraction of sp³-hybridized carbons (Fsp3) is 0.250. The van der Waals surface area contributed by atoms with Gasteiger partial charge in [0.15, 0.2) is 0 Å². The van der Waals surface area contributed by atoms with Crippen LogP contribution in [0.3, 0.4) is 0 Å². The van der Waals surface area contributed by atoms with Crippen molar-refractivity contribution in [2.24, 2.45) is 0 Å². The number of likely N-dealkylation sites (N-methyl/N-ethyl adjacent to an activating group) is 1. The quantitative estimate of drug-likeness (QED) is 0.720. The number of aromatic nitrogens is 2. The zero-order valence-corrected chi connectivity index (χ0v) is 14.5. The molecule has 0 N–H and O–H groups in total. The van der Waals surface area contributed by atoms with Gasteiger partial charge in [-0.1, -0.05) is 43.3 Å². The third-order valence-corrected chi connectivity index (χ3v) is 4.32. The largest absolute Gasteiger partial charge is 0.340 e. The Morgan fingerprint density at radius 2 is 1.76 bits per heavy atom. The van der Waals surface area contributed by atoms with Gasteiger partial charge in [0.1, 0.15) is 6.54 Å². The van der Waals surface area contributed by atoms with Crippen molar-refractivity contribution in [2.75, 3.05) is 7.05 Å². The highest BCUT2D eigenvalue weighted by Crippen LogP contribution is 2.10. The lowest BCUT2D eigenvalue weighted by Crippen LogP contribution is -2.31. The summed E-state index contributed by atoms with van der Waals surface area (Å²) in [5.41, 5.74) is 2.90. The fourth-order valence-electron chi connectivity index (χ4n) is 2.78. The predicted molar refractivity (Wildman–Crippen MR) is 98.3 cm³/mol. The van der Waals surface area contributed by atoms with Crippen LogP contribution in [-0.2, 0) is 24.3 Å². The molecule has 0 aliphatic carbocycles. The number of hydrogen-bond donors (Lipinski definition) is 0. The summed E-state index contributed by atoms with van der Waals surface area (Å²) in [5.74, 6) is -0.0547. The molecule has 0 bridgehead atoms. The van der Waals surface area contributed by atoms with Crippen LogP contribution in [0.5, 0.6) is 0 Å². The SMILES string of the molecule is CCc1ccc(CN(C)C(=O)Cn2ncc(=O)c3ccccc32)cc1. The molecule has 3 aromatic rings. The zero-order valence-electron chi connectivity index (χ0n) is 14.5. The highest BCUT2D eigenvalue weighted by atomic mass is 16.2. The molecule has 25 heavy (non-hydrogen) atoms. The first-order valence-electron chi connectivity index (χ1n) is 8.35. The van der Waals surface area contributed by atoms with E-state index in [9.17, 15) is 9.59 Å². The summed E-state index contributed by atoms with van der Waals surface area (Å²) in [4.78, 5) is 26.1. The van der Waals surface area contributed by atoms with Gasteiger partial charge in [0.2, 0.25) is 11.3 Å². The van der Waals surface area contributed by atoms with E-state index in [1.807, 2.05) is 12.1 Å². The lowest BCUT2D eigenvalue weighted by molar-refractivity contribution is -0.131. The van der Waals surface area contributed by atoms with E-state index in [-0.39, 0.29) is 17.9 Å². The number of fused-ring (bicyclic) bond motifs is 1. The number of carbonyl (C=O) groups is 1. The zero-order chi connectivity index (χ0) is 17.8. The fourth-order valence-corrected chi connectivity index (χ4v) is 2.78. The third-order valence-electron chi connectivity index (χ3n) is 4.32. The van der Waals surface area contributed by atoms with E-state index in [1.54, 1.807) is 28.8 Å². The van der Waals surface area contributed by atoms with E-state index in [4.69, 9.17) is 0 Å². The van der Waals surface area contributed by atoms with Crippen molar-refractivity contribution in [3.63, 3.8) is 0 Å². The Morgan fingerprint density at radius 1 is 1.08 bits per heavy atom. The molecule has 128 valence electrons. The highest BCUT2D eigenvalue weighted by Gasteiger charge is 2.12. The van der Waals surface area contributed by atoms with E-state index in [0.29, 0.717) is 17.4 Å². The summed E-state index contributed by atoms with van der Waals surface area (Å²) in [5, 5.41) is 4.69. The molecular weight excluding hydrogens is 314 g/mol. The maximum absolute atomic E-state index is 12.6. The van der Waals surface area contributed by atoms with Gasteiger partial charge in [-0.25, -0.2) is 0 Å². The average molecular weight is 335 g/mol. The number of nitrogens with zero attached hydrogens (tertiary/aromatic N) is 3. The summed E-state index contributed by atoms with van der Waals surface area (Å²) in [6.07, 6.45) is 2.26. The van der Waals surface area contributed by atoms with Crippen molar-refractivity contribution in [1.29, 1.82) is 0 Å². The lowest BCUT2D eigenvalue weighted by atomic mass is 10.1. The number of aryl methyl sites for hydroxylation is 1. The number of benzene rings is 2. The molecule has 0 radical (unpaired) electrons. The summed E-state index contributed by atoms with van der Waals surface area (Å²) in [6.45, 7) is 2.76. The van der Waals surface area contributed by atoms with E-state index in [0.717, 1.165) is 12.0 Å². The summed E-state index contributed by atoms with van der Waals surface area (Å²) in [6, 6.07) is 15.5. The summed E-state index contributed by atoms with van der Waals surface area (Å²) in [7, 11) is 1.78. The molecule has 1 aromatic heterocycles. The van der Waals surface area contributed by atoms with Gasteiger partial charge in [-0.2, -0.15) is 5.10 Å². The smallest absolute Gasteiger partial charge is 0.244 e. The molecule has 0 aliphatic heterocycles. The second-order valence-corrected chi connectivity index (χ2v) is 6.10. The minimum Gasteiger partial charge on any atom is -0.340 e. The minimum absolute atomic E-state index is 0.0547. The standard InChI is InChI=1S/C20H21N3O2/c1-3-15-8-10-16(11-9-15)13-22(2)20(25)14-23-18-7-5-4-6-17(18)19(24)12-21-23/h4-12H,3,13-14H2,1-2H3. The molecule has 1 amide bonds. The van der Waals surface area contributed by atoms with E-state index in [2.05, 4.69) is 36.3 Å². The Labute approximate surface area is 146 Å². The van der Waals surface area contributed by atoms with Crippen molar-refractivity contribution in [1.82, 2.24) is 14.7 Å². The Hall–Kier alpha value is -2.95. The first-order chi connectivity index (χ1) is 12.1. The normalized spacial score (nSPS) is 10.8. The second kappa shape index (κ2) is 7.30. The number of hydrogen-bond acceptors (Lipinski definition) is 3. The van der Waals surface area contributed by atoms with Gasteiger partial charge in [-0.05, 0) is 29.7 Å². The molecule has 0 unspecified atom stereocenters. The molecule has 0 saturated heterocycles. The van der Waals surface area contributed by atoms with Crippen LogP contribution < -0.4 is 5.43 Å². The van der Waals surface area contributed by atoms with Crippen molar-refractivity contribution >= 4 is 16.8 Å². The lowest BCUT2D eigenvalue weighted by Gasteiger charge is -2.18. The Balaban J connectivity index is 1.75. The Bertz CT molecular complexity index is 945. The number of rotatable bonds is 5. The second-order valence-electron chi connectivity index (χ2n) is 6.10. The van der Waals surface area contributed by atoms with Gasteiger partial charge in [0.05, 0.1) is 11.7 Å². The van der Waals surface area contributed by atoms with Gasteiger partial charge >= 0.3 is 0 Å². The van der Waals surface area contributed by atoms with Crippen LogP contribution in [0.4, 0.5) is 0 Å². The monoisotopic (exact) mass is 335 g/mol. The van der Waals surface area contributed by atoms with Crippen molar-refractivity contribution in [3.8, 4) is 0 Å². The summed E-state index contributed by atoms with van der Waals surface area (Å²) >= 11 is 0. The van der Waals surface area contributed by atoms with E-state index >= 15 is 0 Å². The first kappa shape index (κ1) is 16.9. The number of amides is 1. The molecule has 5 heteroatoms. The Kier molecular flexibility index (Phi) is 4.93. The maximum Gasteiger partial charge on any atom is 0.244 e. The molecule has 1 heterocycles. The number of para-hydroxylation sites is 1. The molecule has 0 fully saturated rings. The molecule has 2 aromatic carbocycles. The molecular formula is C20H21N3O2. The van der Waals surface area contributed by atoms with Gasteiger partial charge in [-0.3, -0.25) is 14.3 Å². The van der Waals surface area contributed by atoms with E-state index in [1.165, 1.54) is 11.8 Å². The van der Waals surface area contributed by atoms with Crippen LogP contribution in [0.2, 0.25) is 0 Å². The molecule has 0 aliphatic rings. The summed E-state index contributed by atoms with van der Waals surface area (Å²) < 4.78 is 1.58. The molecule has 3 rings (SSSR count). The van der Waals surface area contributed by atoms with Gasteiger partial charge in [-0.15, -0.1) is 0 Å². The maximum atomic E-state index is 12.6. The first-order valence-corrected chi connectivity index (χ1v) is 8.35. The van der Waals surface area contributed by atoms with Crippen LogP contribution in [0.1, 0.15) is 18.1 Å². The minimum atomic E-state index is -0.135. The average Bonchev–Trinajstić information content (AvgIpc) is 2.64. The third kappa shape index (κ3) is 3.76. The molecule has 5 nitrogen and oxygen atoms in total. The van der Waals surface area contributed by atoms with Crippen molar-refractivity contribution in [3.05, 3.63) is 76.1 Å². The van der Waals surface area contributed by atoms with Crippen LogP contribution in [0.25, 0.3) is 10.9 Å². The Morgan fingerprint density at radius 3 is 2.48 bits per heavy atom. The van der Waals surface area contributed by atoms with Gasteiger partial charge < -0.3 is 4.90 Å². The van der Waals surface area contributed by atoms with Crippen LogP contribution in [0.15, 0.2) is 59.5 Å². The molecule has 0 saturated carbocycles.